The molecule has 2 heteroatoms. The van der Waals surface area contributed by atoms with Gasteiger partial charge in [-0.25, -0.2) is 0 Å². The van der Waals surface area contributed by atoms with Crippen molar-refractivity contribution < 1.29 is 0 Å². The molecule has 0 bridgehead atoms. The lowest BCUT2D eigenvalue weighted by molar-refractivity contribution is 0.507. The van der Waals surface area contributed by atoms with Crippen molar-refractivity contribution in [2.45, 2.75) is 56.7 Å². The maximum atomic E-state index is 3.89. The van der Waals surface area contributed by atoms with E-state index in [4.69, 9.17) is 0 Å². The number of halogens is 1. The van der Waals surface area contributed by atoms with Gasteiger partial charge in [-0.1, -0.05) is 35.7 Å². The Balaban J connectivity index is 1.77. The van der Waals surface area contributed by atoms with E-state index in [0.717, 1.165) is 10.7 Å². The van der Waals surface area contributed by atoms with Crippen LogP contribution < -0.4 is 0 Å². The second-order valence-corrected chi connectivity index (χ2v) is 7.25. The smallest absolute Gasteiger partial charge is 0.0177 e. The van der Waals surface area contributed by atoms with Crippen LogP contribution in [0.2, 0.25) is 0 Å². The van der Waals surface area contributed by atoms with Gasteiger partial charge in [0.2, 0.25) is 0 Å². The van der Waals surface area contributed by atoms with E-state index >= 15 is 0 Å². The molecule has 0 aliphatic heterocycles. The Morgan fingerprint density at radius 1 is 1.31 bits per heavy atom. The summed E-state index contributed by atoms with van der Waals surface area (Å²) in [5.41, 5.74) is 0. The third kappa shape index (κ3) is 3.33. The molecule has 1 heterocycles. The average Bonchev–Trinajstić information content (AvgIpc) is 2.96. The normalized spacial score (nSPS) is 19.1. The third-order valence-electron chi connectivity index (χ3n) is 3.64. The second-order valence-electron chi connectivity index (χ2n) is 4.82. The highest BCUT2D eigenvalue weighted by Gasteiger charge is 2.22. The van der Waals surface area contributed by atoms with E-state index in [1.54, 1.807) is 4.88 Å². The van der Waals surface area contributed by atoms with Crippen molar-refractivity contribution in [1.29, 1.82) is 0 Å². The van der Waals surface area contributed by atoms with Crippen LogP contribution in [0.1, 0.15) is 48.8 Å². The van der Waals surface area contributed by atoms with Crippen molar-refractivity contribution in [3.8, 4) is 0 Å². The molecule has 1 fully saturated rings. The molecule has 16 heavy (non-hydrogen) atoms. The predicted molar refractivity (Wildman–Crippen MR) is 76.7 cm³/mol. The first kappa shape index (κ1) is 12.6. The maximum Gasteiger partial charge on any atom is 0.0177 e. The molecule has 1 saturated carbocycles. The second kappa shape index (κ2) is 6.20. The molecule has 0 radical (unpaired) electrons. The van der Waals surface area contributed by atoms with Crippen molar-refractivity contribution in [3.05, 3.63) is 21.9 Å². The fourth-order valence-corrected chi connectivity index (χ4v) is 4.31. The Morgan fingerprint density at radius 2 is 2.00 bits per heavy atom. The largest absolute Gasteiger partial charge is 0.145 e. The standard InChI is InChI=1S/C14H21BrS/c1-2-12-7-8-13(16-12)9-10-14(15)11-5-3-4-6-11/h7-8,11,14H,2-6,9-10H2,1H3. The first-order valence-corrected chi connectivity index (χ1v) is 8.24. The van der Waals surface area contributed by atoms with E-state index in [2.05, 4.69) is 35.0 Å². The van der Waals surface area contributed by atoms with Gasteiger partial charge in [0.15, 0.2) is 0 Å². The minimum absolute atomic E-state index is 0.752. The summed E-state index contributed by atoms with van der Waals surface area (Å²) in [4.78, 5) is 3.85. The Morgan fingerprint density at radius 3 is 2.62 bits per heavy atom. The van der Waals surface area contributed by atoms with Crippen molar-refractivity contribution >= 4 is 27.3 Å². The number of alkyl halides is 1. The van der Waals surface area contributed by atoms with E-state index in [-0.39, 0.29) is 0 Å². The number of hydrogen-bond acceptors (Lipinski definition) is 1. The van der Waals surface area contributed by atoms with E-state index in [1.165, 1.54) is 49.8 Å². The molecule has 1 aliphatic carbocycles. The van der Waals surface area contributed by atoms with Crippen molar-refractivity contribution in [2.75, 3.05) is 0 Å². The molecule has 2 rings (SSSR count). The average molecular weight is 301 g/mol. The third-order valence-corrected chi connectivity index (χ3v) is 6.14. The first-order valence-electron chi connectivity index (χ1n) is 6.51. The maximum absolute atomic E-state index is 3.89. The summed E-state index contributed by atoms with van der Waals surface area (Å²) in [5.74, 6) is 0.950. The predicted octanol–water partition coefficient (Wildman–Crippen LogP) is 5.20. The summed E-state index contributed by atoms with van der Waals surface area (Å²) < 4.78 is 0. The van der Waals surface area contributed by atoms with Crippen molar-refractivity contribution in [1.82, 2.24) is 0 Å². The summed E-state index contributed by atoms with van der Waals surface area (Å²) >= 11 is 5.89. The fourth-order valence-electron chi connectivity index (χ4n) is 2.58. The van der Waals surface area contributed by atoms with Crippen LogP contribution in [0, 0.1) is 5.92 Å². The first-order chi connectivity index (χ1) is 7.79. The van der Waals surface area contributed by atoms with Gasteiger partial charge in [-0.15, -0.1) is 11.3 Å². The monoisotopic (exact) mass is 300 g/mol. The van der Waals surface area contributed by atoms with Crippen LogP contribution in [-0.4, -0.2) is 4.83 Å². The van der Waals surface area contributed by atoms with Gasteiger partial charge in [0.25, 0.3) is 0 Å². The zero-order chi connectivity index (χ0) is 11.4. The molecule has 0 N–H and O–H groups in total. The molecule has 0 aromatic carbocycles. The molecule has 90 valence electrons. The summed E-state index contributed by atoms with van der Waals surface area (Å²) in [5, 5.41) is 0. The Hall–Kier alpha value is 0.180. The van der Waals surface area contributed by atoms with Crippen LogP contribution in [0.4, 0.5) is 0 Å². The van der Waals surface area contributed by atoms with Crippen LogP contribution in [0.15, 0.2) is 12.1 Å². The highest BCUT2D eigenvalue weighted by molar-refractivity contribution is 9.09. The fraction of sp³-hybridized carbons (Fsp3) is 0.714. The lowest BCUT2D eigenvalue weighted by atomic mass is 10.0. The van der Waals surface area contributed by atoms with Crippen LogP contribution in [-0.2, 0) is 12.8 Å². The molecule has 1 aliphatic rings. The van der Waals surface area contributed by atoms with Gasteiger partial charge >= 0.3 is 0 Å². The molecule has 1 atom stereocenters. The Labute approximate surface area is 112 Å². The SMILES string of the molecule is CCc1ccc(CCC(Br)C2CCCC2)s1. The quantitative estimate of drug-likeness (QED) is 0.656. The summed E-state index contributed by atoms with van der Waals surface area (Å²) in [6, 6.07) is 4.61. The van der Waals surface area contributed by atoms with Gasteiger partial charge < -0.3 is 0 Å². The van der Waals surface area contributed by atoms with E-state index in [1.807, 2.05) is 11.3 Å². The van der Waals surface area contributed by atoms with Crippen LogP contribution in [0.25, 0.3) is 0 Å². The summed E-state index contributed by atoms with van der Waals surface area (Å²) in [7, 11) is 0. The lowest BCUT2D eigenvalue weighted by Crippen LogP contribution is -2.11. The van der Waals surface area contributed by atoms with Gasteiger partial charge in [0.1, 0.15) is 0 Å². The highest BCUT2D eigenvalue weighted by atomic mass is 79.9. The Bertz CT molecular complexity index is 312. The van der Waals surface area contributed by atoms with Gasteiger partial charge in [-0.3, -0.25) is 0 Å². The van der Waals surface area contributed by atoms with Crippen LogP contribution in [0.5, 0.6) is 0 Å². The molecule has 1 aromatic rings. The summed E-state index contributed by atoms with van der Waals surface area (Å²) in [6.07, 6.45) is 9.55. The summed E-state index contributed by atoms with van der Waals surface area (Å²) in [6.45, 7) is 2.24. The van der Waals surface area contributed by atoms with E-state index < -0.39 is 0 Å². The van der Waals surface area contributed by atoms with E-state index in [0.29, 0.717) is 0 Å². The number of aryl methyl sites for hydroxylation is 2. The Kier molecular flexibility index (Phi) is 4.90. The molecule has 0 amide bonds. The number of thiophene rings is 1. The van der Waals surface area contributed by atoms with Gasteiger partial charge in [0.05, 0.1) is 0 Å². The van der Waals surface area contributed by atoms with Gasteiger partial charge in [0, 0.05) is 14.6 Å². The van der Waals surface area contributed by atoms with Crippen LogP contribution >= 0.6 is 27.3 Å². The molecule has 0 nitrogen and oxygen atoms in total. The zero-order valence-electron chi connectivity index (χ0n) is 10.0. The van der Waals surface area contributed by atoms with Gasteiger partial charge in [-0.05, 0) is 50.2 Å². The molecule has 0 saturated heterocycles. The number of rotatable bonds is 5. The highest BCUT2D eigenvalue weighted by Crippen LogP contribution is 2.34. The number of hydrogen-bond donors (Lipinski definition) is 0. The van der Waals surface area contributed by atoms with Crippen molar-refractivity contribution in [3.63, 3.8) is 0 Å². The van der Waals surface area contributed by atoms with Crippen molar-refractivity contribution in [2.24, 2.45) is 5.92 Å². The molecule has 0 spiro atoms. The van der Waals surface area contributed by atoms with Crippen LogP contribution in [0.3, 0.4) is 0 Å². The topological polar surface area (TPSA) is 0 Å². The molecular weight excluding hydrogens is 280 g/mol. The van der Waals surface area contributed by atoms with E-state index in [9.17, 15) is 0 Å². The van der Waals surface area contributed by atoms with Gasteiger partial charge in [-0.2, -0.15) is 0 Å². The molecule has 1 aromatic heterocycles. The minimum atomic E-state index is 0.752. The minimum Gasteiger partial charge on any atom is -0.145 e. The molecule has 1 unspecified atom stereocenters. The molecular formula is C14H21BrS. The lowest BCUT2D eigenvalue weighted by Gasteiger charge is -2.16. The zero-order valence-corrected chi connectivity index (χ0v) is 12.4.